The van der Waals surface area contributed by atoms with Gasteiger partial charge in [0.05, 0.1) is 10.6 Å². The Morgan fingerprint density at radius 1 is 1.00 bits per heavy atom. The number of thioether (sulfide) groups is 1. The Hall–Kier alpha value is -2.90. The van der Waals surface area contributed by atoms with Crippen molar-refractivity contribution in [3.63, 3.8) is 0 Å². The van der Waals surface area contributed by atoms with Gasteiger partial charge in [-0.2, -0.15) is 0 Å². The van der Waals surface area contributed by atoms with E-state index in [0.717, 1.165) is 21.1 Å². The van der Waals surface area contributed by atoms with Crippen LogP contribution >= 0.6 is 27.7 Å². The zero-order chi connectivity index (χ0) is 21.1. The van der Waals surface area contributed by atoms with Gasteiger partial charge in [-0.1, -0.05) is 46.3 Å². The third kappa shape index (κ3) is 4.47. The van der Waals surface area contributed by atoms with Crippen LogP contribution in [0.1, 0.15) is 11.1 Å². The Bertz CT molecular complexity index is 1150. The molecule has 0 aliphatic carbocycles. The van der Waals surface area contributed by atoms with Gasteiger partial charge in [-0.15, -0.1) is 0 Å². The van der Waals surface area contributed by atoms with Gasteiger partial charge in [0.15, 0.2) is 0 Å². The van der Waals surface area contributed by atoms with Crippen molar-refractivity contribution in [2.75, 3.05) is 4.90 Å². The summed E-state index contributed by atoms with van der Waals surface area (Å²) in [6.07, 6.45) is 1.64. The number of nitrogens with zero attached hydrogens (tertiary/aromatic N) is 1. The monoisotopic (exact) mass is 483 g/mol. The van der Waals surface area contributed by atoms with E-state index in [1.54, 1.807) is 54.6 Å². The summed E-state index contributed by atoms with van der Waals surface area (Å²) >= 11 is 4.30. The topological polar surface area (TPSA) is 46.6 Å². The number of halogens is 2. The Morgan fingerprint density at radius 3 is 2.57 bits per heavy atom. The third-order valence-electron chi connectivity index (χ3n) is 4.35. The predicted molar refractivity (Wildman–Crippen MR) is 120 cm³/mol. The molecule has 150 valence electrons. The molecule has 1 fully saturated rings. The van der Waals surface area contributed by atoms with Crippen LogP contribution in [0.4, 0.5) is 14.9 Å². The van der Waals surface area contributed by atoms with Crippen LogP contribution in [0.25, 0.3) is 6.08 Å². The highest BCUT2D eigenvalue weighted by atomic mass is 79.9. The zero-order valence-corrected chi connectivity index (χ0v) is 18.0. The molecule has 0 saturated carbocycles. The molecule has 3 aromatic carbocycles. The average molecular weight is 484 g/mol. The van der Waals surface area contributed by atoms with Crippen LogP contribution in [0.5, 0.6) is 5.75 Å². The smallest absolute Gasteiger partial charge is 0.298 e. The van der Waals surface area contributed by atoms with Gasteiger partial charge in [0.1, 0.15) is 18.2 Å². The molecule has 1 aliphatic heterocycles. The number of ether oxygens (including phenoxy) is 1. The molecule has 2 amide bonds. The molecule has 0 atom stereocenters. The lowest BCUT2D eigenvalue weighted by molar-refractivity contribution is -0.113. The molecule has 1 aliphatic rings. The van der Waals surface area contributed by atoms with Gasteiger partial charge >= 0.3 is 0 Å². The lowest BCUT2D eigenvalue weighted by atomic mass is 10.1. The fourth-order valence-corrected chi connectivity index (χ4v) is 4.17. The highest BCUT2D eigenvalue weighted by Gasteiger charge is 2.36. The molecule has 0 radical (unpaired) electrons. The number of carbonyl (C=O) groups is 2. The van der Waals surface area contributed by atoms with Crippen LogP contribution in [-0.4, -0.2) is 11.1 Å². The number of amides is 2. The average Bonchev–Trinajstić information content (AvgIpc) is 3.01. The Kier molecular flexibility index (Phi) is 6.01. The number of para-hydroxylation sites is 1. The standard InChI is InChI=1S/C23H15BrFNO3S/c24-17-9-10-20(29-14-15-5-4-6-18(25)11-15)16(12-17)13-21-22(27)26(23(28)30-21)19-7-2-1-3-8-19/h1-13H,14H2/b21-13-. The quantitative estimate of drug-likeness (QED) is 0.393. The first-order valence-corrected chi connectivity index (χ1v) is 10.6. The van der Waals surface area contributed by atoms with Gasteiger partial charge in [-0.3, -0.25) is 9.59 Å². The highest BCUT2D eigenvalue weighted by molar-refractivity contribution is 9.10. The van der Waals surface area contributed by atoms with Crippen molar-refractivity contribution in [1.82, 2.24) is 0 Å². The second kappa shape index (κ2) is 8.85. The summed E-state index contributed by atoms with van der Waals surface area (Å²) in [5, 5.41) is -0.352. The van der Waals surface area contributed by atoms with E-state index >= 15 is 0 Å². The van der Waals surface area contributed by atoms with E-state index in [4.69, 9.17) is 4.74 Å². The normalized spacial score (nSPS) is 15.1. The first-order valence-electron chi connectivity index (χ1n) is 9.01. The molecular weight excluding hydrogens is 469 g/mol. The largest absolute Gasteiger partial charge is 0.488 e. The highest BCUT2D eigenvalue weighted by Crippen LogP contribution is 2.37. The zero-order valence-electron chi connectivity index (χ0n) is 15.5. The first kappa shape index (κ1) is 20.4. The minimum Gasteiger partial charge on any atom is -0.488 e. The van der Waals surface area contributed by atoms with Gasteiger partial charge in [-0.25, -0.2) is 9.29 Å². The van der Waals surface area contributed by atoms with E-state index in [1.165, 1.54) is 12.1 Å². The summed E-state index contributed by atoms with van der Waals surface area (Å²) in [6.45, 7) is 0.172. The van der Waals surface area contributed by atoms with E-state index < -0.39 is 0 Å². The predicted octanol–water partition coefficient (Wildman–Crippen LogP) is 6.41. The molecule has 4 nitrogen and oxygen atoms in total. The maximum absolute atomic E-state index is 13.4. The second-order valence-electron chi connectivity index (χ2n) is 6.45. The summed E-state index contributed by atoms with van der Waals surface area (Å²) in [7, 11) is 0. The summed E-state index contributed by atoms with van der Waals surface area (Å²) in [4.78, 5) is 26.7. The van der Waals surface area contributed by atoms with Crippen LogP contribution in [0, 0.1) is 5.82 Å². The maximum atomic E-state index is 13.4. The van der Waals surface area contributed by atoms with Crippen molar-refractivity contribution in [1.29, 1.82) is 0 Å². The first-order chi connectivity index (χ1) is 14.5. The van der Waals surface area contributed by atoms with E-state index in [1.807, 2.05) is 12.1 Å². The third-order valence-corrected chi connectivity index (χ3v) is 5.71. The molecule has 0 unspecified atom stereocenters. The van der Waals surface area contributed by atoms with Crippen molar-refractivity contribution < 1.29 is 18.7 Å². The molecule has 7 heteroatoms. The van der Waals surface area contributed by atoms with Crippen molar-refractivity contribution >= 4 is 50.6 Å². The maximum Gasteiger partial charge on any atom is 0.298 e. The van der Waals surface area contributed by atoms with Gasteiger partial charge in [0.25, 0.3) is 11.1 Å². The minimum absolute atomic E-state index is 0.172. The number of imide groups is 1. The van der Waals surface area contributed by atoms with Gasteiger partial charge in [-0.05, 0) is 65.9 Å². The van der Waals surface area contributed by atoms with Crippen LogP contribution < -0.4 is 9.64 Å². The van der Waals surface area contributed by atoms with E-state index in [-0.39, 0.29) is 23.6 Å². The molecule has 1 saturated heterocycles. The molecule has 1 heterocycles. The molecule has 30 heavy (non-hydrogen) atoms. The minimum atomic E-state index is -0.382. The van der Waals surface area contributed by atoms with Crippen LogP contribution in [0.3, 0.4) is 0 Å². The van der Waals surface area contributed by atoms with Gasteiger partial charge in [0, 0.05) is 10.0 Å². The fraction of sp³-hybridized carbons (Fsp3) is 0.0435. The van der Waals surface area contributed by atoms with E-state index in [9.17, 15) is 14.0 Å². The van der Waals surface area contributed by atoms with Gasteiger partial charge in [0.2, 0.25) is 0 Å². The summed E-state index contributed by atoms with van der Waals surface area (Å²) in [5.41, 5.74) is 1.85. The Morgan fingerprint density at radius 2 is 1.80 bits per heavy atom. The molecule has 0 bridgehead atoms. The number of anilines is 1. The number of carbonyl (C=O) groups excluding carboxylic acids is 2. The lowest BCUT2D eigenvalue weighted by Crippen LogP contribution is -2.27. The number of hydrogen-bond acceptors (Lipinski definition) is 4. The fourth-order valence-electron chi connectivity index (χ4n) is 2.96. The van der Waals surface area contributed by atoms with E-state index in [2.05, 4.69) is 15.9 Å². The second-order valence-corrected chi connectivity index (χ2v) is 8.36. The van der Waals surface area contributed by atoms with Crippen LogP contribution in [0.15, 0.2) is 82.2 Å². The van der Waals surface area contributed by atoms with Crippen molar-refractivity contribution in [2.45, 2.75) is 6.61 Å². The molecular formula is C23H15BrFNO3S. The van der Waals surface area contributed by atoms with Crippen molar-refractivity contribution in [2.24, 2.45) is 0 Å². The van der Waals surface area contributed by atoms with Crippen LogP contribution in [-0.2, 0) is 11.4 Å². The SMILES string of the molecule is O=C1S/C(=C\c2cc(Br)ccc2OCc2cccc(F)c2)C(=O)N1c1ccccc1. The molecule has 0 N–H and O–H groups in total. The summed E-state index contributed by atoms with van der Waals surface area (Å²) in [5.74, 6) is -0.192. The van der Waals surface area contributed by atoms with Crippen molar-refractivity contribution in [3.05, 3.63) is 99.1 Å². The summed E-state index contributed by atoms with van der Waals surface area (Å²) < 4.78 is 20.1. The van der Waals surface area contributed by atoms with Crippen molar-refractivity contribution in [3.8, 4) is 5.75 Å². The molecule has 0 aromatic heterocycles. The summed E-state index contributed by atoms with van der Waals surface area (Å²) in [6, 6.07) is 20.3. The number of rotatable bonds is 5. The number of benzene rings is 3. The lowest BCUT2D eigenvalue weighted by Gasteiger charge is -2.12. The van der Waals surface area contributed by atoms with Gasteiger partial charge < -0.3 is 4.74 Å². The Balaban J connectivity index is 1.61. The molecule has 0 spiro atoms. The van der Waals surface area contributed by atoms with Crippen LogP contribution in [0.2, 0.25) is 0 Å². The molecule has 4 rings (SSSR count). The number of hydrogen-bond donors (Lipinski definition) is 0. The Labute approximate surface area is 185 Å². The van der Waals surface area contributed by atoms with E-state index in [0.29, 0.717) is 27.5 Å². The molecule has 3 aromatic rings.